The van der Waals surface area contributed by atoms with Crippen molar-refractivity contribution in [3.05, 3.63) is 29.3 Å². The molecular weight excluding hydrogens is 278 g/mol. The van der Waals surface area contributed by atoms with Crippen molar-refractivity contribution in [1.29, 1.82) is 0 Å². The Morgan fingerprint density at radius 1 is 1.33 bits per heavy atom. The Kier molecular flexibility index (Phi) is 5.12. The summed E-state index contributed by atoms with van der Waals surface area (Å²) in [5, 5.41) is 18.8. The molecule has 1 aromatic rings. The molecule has 0 saturated carbocycles. The summed E-state index contributed by atoms with van der Waals surface area (Å²) >= 11 is 5.73. The fraction of sp³-hybridized carbons (Fsp3) is 0.455. The van der Waals surface area contributed by atoms with Crippen LogP contribution < -0.4 is 4.72 Å². The summed E-state index contributed by atoms with van der Waals surface area (Å²) in [6.07, 6.45) is 0.264. The highest BCUT2D eigenvalue weighted by atomic mass is 35.5. The fourth-order valence-electron chi connectivity index (χ4n) is 1.39. The first-order chi connectivity index (χ1) is 8.39. The monoisotopic (exact) mass is 293 g/mol. The minimum atomic E-state index is -3.83. The molecule has 3 N–H and O–H groups in total. The Labute approximate surface area is 111 Å². The minimum absolute atomic E-state index is 0.00488. The summed E-state index contributed by atoms with van der Waals surface area (Å²) in [4.78, 5) is -0.00488. The Morgan fingerprint density at radius 2 is 1.94 bits per heavy atom. The number of halogens is 1. The lowest BCUT2D eigenvalue weighted by atomic mass is 10.0. The van der Waals surface area contributed by atoms with Gasteiger partial charge in [0, 0.05) is 5.02 Å². The number of hydrogen-bond acceptors (Lipinski definition) is 4. The van der Waals surface area contributed by atoms with Crippen LogP contribution in [0.1, 0.15) is 13.3 Å². The molecule has 0 aliphatic rings. The maximum Gasteiger partial charge on any atom is 0.241 e. The van der Waals surface area contributed by atoms with Gasteiger partial charge in [-0.3, -0.25) is 0 Å². The van der Waals surface area contributed by atoms with Gasteiger partial charge >= 0.3 is 0 Å². The summed E-state index contributed by atoms with van der Waals surface area (Å²) in [5.74, 6) is 0. The molecule has 1 rings (SSSR count). The minimum Gasteiger partial charge on any atom is -0.394 e. The number of benzene rings is 1. The molecule has 0 amide bonds. The van der Waals surface area contributed by atoms with Crippen LogP contribution in [-0.2, 0) is 10.0 Å². The van der Waals surface area contributed by atoms with Crippen LogP contribution in [-0.4, -0.2) is 37.4 Å². The predicted octanol–water partition coefficient (Wildman–Crippen LogP) is 0.752. The topological polar surface area (TPSA) is 86.6 Å². The summed E-state index contributed by atoms with van der Waals surface area (Å²) in [6, 6.07) is 5.77. The predicted molar refractivity (Wildman–Crippen MR) is 69.0 cm³/mol. The number of aliphatic hydroxyl groups is 2. The quantitative estimate of drug-likeness (QED) is 0.722. The molecule has 5 nitrogen and oxygen atoms in total. The number of aliphatic hydroxyl groups excluding tert-OH is 2. The zero-order valence-electron chi connectivity index (χ0n) is 9.93. The average molecular weight is 294 g/mol. The van der Waals surface area contributed by atoms with Crippen LogP contribution >= 0.6 is 11.6 Å². The molecule has 7 heteroatoms. The molecule has 0 heterocycles. The zero-order chi connectivity index (χ0) is 13.8. The molecule has 0 aliphatic carbocycles. The van der Waals surface area contributed by atoms with E-state index < -0.39 is 28.8 Å². The van der Waals surface area contributed by atoms with Crippen molar-refractivity contribution < 1.29 is 18.6 Å². The summed E-state index contributed by atoms with van der Waals surface area (Å²) < 4.78 is 26.5. The second-order valence-electron chi connectivity index (χ2n) is 4.01. The molecule has 0 radical (unpaired) electrons. The SMILES string of the molecule is CCC(CO)(CO)NS(=O)(=O)c1cccc(Cl)c1. The first kappa shape index (κ1) is 15.4. The summed E-state index contributed by atoms with van der Waals surface area (Å²) in [7, 11) is -3.83. The van der Waals surface area contributed by atoms with Crippen LogP contribution in [0.2, 0.25) is 5.02 Å². The lowest BCUT2D eigenvalue weighted by Crippen LogP contribution is -2.53. The van der Waals surface area contributed by atoms with Gasteiger partial charge in [-0.2, -0.15) is 0 Å². The number of rotatable bonds is 6. The lowest BCUT2D eigenvalue weighted by Gasteiger charge is -2.29. The van der Waals surface area contributed by atoms with Crippen LogP contribution in [0.4, 0.5) is 0 Å². The Morgan fingerprint density at radius 3 is 2.39 bits per heavy atom. The van der Waals surface area contributed by atoms with Crippen molar-refractivity contribution in [3.63, 3.8) is 0 Å². The van der Waals surface area contributed by atoms with Crippen molar-refractivity contribution in [2.45, 2.75) is 23.8 Å². The van der Waals surface area contributed by atoms with Gasteiger partial charge in [-0.05, 0) is 24.6 Å². The summed E-state index contributed by atoms with van der Waals surface area (Å²) in [5.41, 5.74) is -1.26. The van der Waals surface area contributed by atoms with Gasteiger partial charge in [0.05, 0.1) is 23.6 Å². The van der Waals surface area contributed by atoms with Crippen LogP contribution in [0.3, 0.4) is 0 Å². The number of hydrogen-bond donors (Lipinski definition) is 3. The van der Waals surface area contributed by atoms with Gasteiger partial charge in [-0.15, -0.1) is 0 Å². The standard InChI is InChI=1S/C11H16ClNO4S/c1-2-11(7-14,8-15)13-18(16,17)10-5-3-4-9(12)6-10/h3-6,13-15H,2,7-8H2,1H3. The molecule has 0 aromatic heterocycles. The van der Waals surface area contributed by atoms with Gasteiger partial charge in [-0.1, -0.05) is 24.6 Å². The third-order valence-corrected chi connectivity index (χ3v) is 4.55. The van der Waals surface area contributed by atoms with Crippen LogP contribution in [0.25, 0.3) is 0 Å². The Bertz CT molecular complexity index is 491. The van der Waals surface area contributed by atoms with Crippen LogP contribution in [0, 0.1) is 0 Å². The molecule has 0 spiro atoms. The van der Waals surface area contributed by atoms with Gasteiger partial charge in [0.15, 0.2) is 0 Å². The summed E-state index contributed by atoms with van der Waals surface area (Å²) in [6.45, 7) is 0.701. The van der Waals surface area contributed by atoms with E-state index in [1.807, 2.05) is 0 Å². The number of sulfonamides is 1. The normalized spacial score (nSPS) is 12.7. The van der Waals surface area contributed by atoms with Gasteiger partial charge in [0.2, 0.25) is 10.0 Å². The van der Waals surface area contributed by atoms with E-state index in [0.29, 0.717) is 5.02 Å². The molecule has 0 bridgehead atoms. The zero-order valence-corrected chi connectivity index (χ0v) is 11.5. The fourth-order valence-corrected chi connectivity index (χ4v) is 3.14. The molecule has 0 saturated heterocycles. The molecule has 1 aromatic carbocycles. The third kappa shape index (κ3) is 3.43. The number of nitrogens with one attached hydrogen (secondary N) is 1. The molecule has 0 unspecified atom stereocenters. The molecule has 102 valence electrons. The van der Waals surface area contributed by atoms with E-state index in [-0.39, 0.29) is 11.3 Å². The van der Waals surface area contributed by atoms with Gasteiger partial charge in [0.1, 0.15) is 0 Å². The highest BCUT2D eigenvalue weighted by Gasteiger charge is 2.32. The van der Waals surface area contributed by atoms with Crippen molar-refractivity contribution in [1.82, 2.24) is 4.72 Å². The van der Waals surface area contributed by atoms with Crippen molar-refractivity contribution in [2.24, 2.45) is 0 Å². The highest BCUT2D eigenvalue weighted by molar-refractivity contribution is 7.89. The van der Waals surface area contributed by atoms with Crippen LogP contribution in [0.15, 0.2) is 29.2 Å². The molecule has 18 heavy (non-hydrogen) atoms. The highest BCUT2D eigenvalue weighted by Crippen LogP contribution is 2.18. The van der Waals surface area contributed by atoms with E-state index in [4.69, 9.17) is 11.6 Å². The Hall–Kier alpha value is -0.660. The van der Waals surface area contributed by atoms with Gasteiger partial charge in [-0.25, -0.2) is 13.1 Å². The van der Waals surface area contributed by atoms with E-state index in [2.05, 4.69) is 4.72 Å². The lowest BCUT2D eigenvalue weighted by molar-refractivity contribution is 0.105. The van der Waals surface area contributed by atoms with Crippen molar-refractivity contribution in [2.75, 3.05) is 13.2 Å². The average Bonchev–Trinajstić information content (AvgIpc) is 2.36. The molecule has 0 atom stereocenters. The van der Waals surface area contributed by atoms with Gasteiger partial charge < -0.3 is 10.2 Å². The van der Waals surface area contributed by atoms with E-state index in [1.54, 1.807) is 13.0 Å². The van der Waals surface area contributed by atoms with E-state index in [1.165, 1.54) is 18.2 Å². The smallest absolute Gasteiger partial charge is 0.241 e. The maximum absolute atomic E-state index is 12.1. The van der Waals surface area contributed by atoms with Crippen molar-refractivity contribution in [3.8, 4) is 0 Å². The first-order valence-corrected chi connectivity index (χ1v) is 7.26. The van der Waals surface area contributed by atoms with E-state index >= 15 is 0 Å². The van der Waals surface area contributed by atoms with Crippen molar-refractivity contribution >= 4 is 21.6 Å². The first-order valence-electron chi connectivity index (χ1n) is 5.40. The van der Waals surface area contributed by atoms with E-state index in [0.717, 1.165) is 0 Å². The molecule has 0 fully saturated rings. The molecular formula is C11H16ClNO4S. The van der Waals surface area contributed by atoms with Crippen LogP contribution in [0.5, 0.6) is 0 Å². The molecule has 0 aliphatic heterocycles. The second-order valence-corrected chi connectivity index (χ2v) is 6.13. The third-order valence-electron chi connectivity index (χ3n) is 2.74. The van der Waals surface area contributed by atoms with Gasteiger partial charge in [0.25, 0.3) is 0 Å². The second kappa shape index (κ2) is 5.99. The maximum atomic E-state index is 12.1. The van der Waals surface area contributed by atoms with E-state index in [9.17, 15) is 18.6 Å². The Balaban J connectivity index is 3.08. The largest absolute Gasteiger partial charge is 0.394 e.